The van der Waals surface area contributed by atoms with Crippen molar-refractivity contribution in [3.8, 4) is 0 Å². The number of carbonyl (C=O) groups excluding carboxylic acids is 4. The monoisotopic (exact) mass is 442 g/mol. The van der Waals surface area contributed by atoms with Crippen LogP contribution in [0.25, 0.3) is 0 Å². The van der Waals surface area contributed by atoms with Crippen LogP contribution < -0.4 is 9.80 Å². The molecule has 0 aromatic heterocycles. The quantitative estimate of drug-likeness (QED) is 0.533. The summed E-state index contributed by atoms with van der Waals surface area (Å²) in [6.45, 7) is 5.76. The standard InChI is InChI=1S/C27H26N2O4/c1-15-4-8-19(9-5-15)28-23(30)14-21(25(28)31)18-12-17(3)24-22(13-18)26(32)29(27(24)33)20-10-6-16(2)7-11-20/h4-12,18,21-22,24H,13-14H2,1-3H3/t18-,21-,22-,24-/m0/s1. The first kappa shape index (κ1) is 21.3. The number of rotatable bonds is 3. The van der Waals surface area contributed by atoms with Gasteiger partial charge in [0.05, 0.1) is 29.1 Å². The third-order valence-electron chi connectivity index (χ3n) is 7.20. The van der Waals surface area contributed by atoms with E-state index < -0.39 is 17.8 Å². The third kappa shape index (κ3) is 3.41. The van der Waals surface area contributed by atoms with Crippen molar-refractivity contribution in [3.05, 3.63) is 71.3 Å². The minimum atomic E-state index is -0.522. The van der Waals surface area contributed by atoms with Gasteiger partial charge in [0.25, 0.3) is 0 Å². The number of hydrogen-bond acceptors (Lipinski definition) is 4. The van der Waals surface area contributed by atoms with Crippen molar-refractivity contribution in [1.82, 2.24) is 0 Å². The number of benzene rings is 2. The number of nitrogens with zero attached hydrogens (tertiary/aromatic N) is 2. The summed E-state index contributed by atoms with van der Waals surface area (Å²) in [6, 6.07) is 14.7. The average molecular weight is 443 g/mol. The van der Waals surface area contributed by atoms with E-state index in [-0.39, 0.29) is 36.0 Å². The molecule has 2 aromatic rings. The Labute approximate surface area is 192 Å². The molecule has 0 bridgehead atoms. The highest BCUT2D eigenvalue weighted by molar-refractivity contribution is 6.23. The van der Waals surface area contributed by atoms with Crippen LogP contribution in [0.1, 0.15) is 30.9 Å². The summed E-state index contributed by atoms with van der Waals surface area (Å²) in [7, 11) is 0. The summed E-state index contributed by atoms with van der Waals surface area (Å²) >= 11 is 0. The topological polar surface area (TPSA) is 74.8 Å². The Hall–Kier alpha value is -3.54. The van der Waals surface area contributed by atoms with Crippen molar-refractivity contribution < 1.29 is 19.2 Å². The van der Waals surface area contributed by atoms with E-state index in [1.54, 1.807) is 24.3 Å². The minimum Gasteiger partial charge on any atom is -0.274 e. The van der Waals surface area contributed by atoms with Gasteiger partial charge in [-0.2, -0.15) is 0 Å². The molecule has 4 atom stereocenters. The molecule has 2 aromatic carbocycles. The molecule has 168 valence electrons. The number of allylic oxidation sites excluding steroid dienone is 1. The van der Waals surface area contributed by atoms with E-state index in [4.69, 9.17) is 0 Å². The van der Waals surface area contributed by atoms with Gasteiger partial charge in [0.1, 0.15) is 0 Å². The lowest BCUT2D eigenvalue weighted by Crippen LogP contribution is -2.35. The molecule has 2 aliphatic heterocycles. The van der Waals surface area contributed by atoms with Crippen molar-refractivity contribution in [1.29, 1.82) is 0 Å². The molecule has 33 heavy (non-hydrogen) atoms. The Kier molecular flexibility index (Phi) is 5.04. The first-order chi connectivity index (χ1) is 15.8. The number of imide groups is 2. The van der Waals surface area contributed by atoms with Crippen molar-refractivity contribution >= 4 is 35.0 Å². The van der Waals surface area contributed by atoms with Gasteiger partial charge in [-0.05, 0) is 57.4 Å². The zero-order valence-corrected chi connectivity index (χ0v) is 18.9. The fourth-order valence-corrected chi connectivity index (χ4v) is 5.46. The zero-order valence-electron chi connectivity index (χ0n) is 18.9. The lowest BCUT2D eigenvalue weighted by Gasteiger charge is -2.29. The molecule has 0 N–H and O–H groups in total. The van der Waals surface area contributed by atoms with Crippen LogP contribution in [0.2, 0.25) is 0 Å². The highest BCUT2D eigenvalue weighted by Gasteiger charge is 2.53. The van der Waals surface area contributed by atoms with E-state index in [0.29, 0.717) is 17.8 Å². The van der Waals surface area contributed by atoms with E-state index in [2.05, 4.69) is 0 Å². The maximum atomic E-state index is 13.3. The SMILES string of the molecule is CC1=C[C@H]([C@@H]2CC(=O)N(c3ccc(C)cc3)C2=O)C[C@@H]2C(=O)N(c3ccc(C)cc3)C(=O)[C@@H]12. The van der Waals surface area contributed by atoms with Crippen molar-refractivity contribution in [3.63, 3.8) is 0 Å². The molecule has 6 nitrogen and oxygen atoms in total. The summed E-state index contributed by atoms with van der Waals surface area (Å²) in [4.78, 5) is 55.1. The summed E-state index contributed by atoms with van der Waals surface area (Å²) in [5, 5.41) is 0. The van der Waals surface area contributed by atoms with Gasteiger partial charge in [0.15, 0.2) is 0 Å². The van der Waals surface area contributed by atoms with Crippen LogP contribution in [-0.2, 0) is 19.2 Å². The average Bonchev–Trinajstić information content (AvgIpc) is 3.22. The summed E-state index contributed by atoms with van der Waals surface area (Å²) in [6.07, 6.45) is 2.45. The molecule has 0 saturated carbocycles. The maximum Gasteiger partial charge on any atom is 0.241 e. The fourth-order valence-electron chi connectivity index (χ4n) is 5.46. The van der Waals surface area contributed by atoms with Crippen molar-refractivity contribution in [2.75, 3.05) is 9.80 Å². The van der Waals surface area contributed by atoms with Gasteiger partial charge in [0.2, 0.25) is 23.6 Å². The van der Waals surface area contributed by atoms with Gasteiger partial charge in [0, 0.05) is 6.42 Å². The van der Waals surface area contributed by atoms with Crippen LogP contribution in [0.4, 0.5) is 11.4 Å². The minimum absolute atomic E-state index is 0.113. The Morgan fingerprint density at radius 1 is 0.667 bits per heavy atom. The molecule has 0 unspecified atom stereocenters. The van der Waals surface area contributed by atoms with Gasteiger partial charge in [-0.1, -0.05) is 47.0 Å². The Bertz CT molecular complexity index is 1200. The Balaban J connectivity index is 1.41. The number of amides is 4. The first-order valence-corrected chi connectivity index (χ1v) is 11.3. The number of fused-ring (bicyclic) bond motifs is 1. The summed E-state index contributed by atoms with van der Waals surface area (Å²) in [5.74, 6) is -2.69. The van der Waals surface area contributed by atoms with Gasteiger partial charge >= 0.3 is 0 Å². The predicted molar refractivity (Wildman–Crippen MR) is 124 cm³/mol. The van der Waals surface area contributed by atoms with Gasteiger partial charge in [-0.25, -0.2) is 4.90 Å². The molecule has 1 aliphatic carbocycles. The molecular weight excluding hydrogens is 416 g/mol. The fraction of sp³-hybridized carbons (Fsp3) is 0.333. The second-order valence-electron chi connectivity index (χ2n) is 9.46. The molecular formula is C27H26N2O4. The Morgan fingerprint density at radius 3 is 1.76 bits per heavy atom. The smallest absolute Gasteiger partial charge is 0.241 e. The largest absolute Gasteiger partial charge is 0.274 e. The van der Waals surface area contributed by atoms with Crippen LogP contribution >= 0.6 is 0 Å². The molecule has 6 heteroatoms. The number of aryl methyl sites for hydroxylation is 2. The normalized spacial score (nSPS) is 27.3. The molecule has 0 spiro atoms. The van der Waals surface area contributed by atoms with Crippen molar-refractivity contribution in [2.24, 2.45) is 23.7 Å². The molecule has 2 saturated heterocycles. The van der Waals surface area contributed by atoms with Crippen LogP contribution in [0.3, 0.4) is 0 Å². The lowest BCUT2D eigenvalue weighted by molar-refractivity contribution is -0.125. The van der Waals surface area contributed by atoms with E-state index in [9.17, 15) is 19.2 Å². The predicted octanol–water partition coefficient (Wildman–Crippen LogP) is 3.95. The highest BCUT2D eigenvalue weighted by atomic mass is 16.2. The van der Waals surface area contributed by atoms with Crippen LogP contribution in [0, 0.1) is 37.5 Å². The lowest BCUT2D eigenvalue weighted by atomic mass is 9.71. The first-order valence-electron chi connectivity index (χ1n) is 11.3. The number of carbonyl (C=O) groups is 4. The van der Waals surface area contributed by atoms with Crippen molar-refractivity contribution in [2.45, 2.75) is 33.6 Å². The second-order valence-corrected chi connectivity index (χ2v) is 9.46. The molecule has 2 fully saturated rings. The molecule has 4 amide bonds. The third-order valence-corrected chi connectivity index (χ3v) is 7.20. The van der Waals surface area contributed by atoms with E-state index >= 15 is 0 Å². The van der Waals surface area contributed by atoms with Gasteiger partial charge in [-0.3, -0.25) is 24.1 Å². The Morgan fingerprint density at radius 2 is 1.18 bits per heavy atom. The zero-order chi connectivity index (χ0) is 23.4. The van der Waals surface area contributed by atoms with Crippen LogP contribution in [0.15, 0.2) is 60.2 Å². The maximum absolute atomic E-state index is 13.3. The molecule has 3 aliphatic rings. The number of anilines is 2. The van der Waals surface area contributed by atoms with E-state index in [1.807, 2.05) is 51.1 Å². The van der Waals surface area contributed by atoms with Crippen LogP contribution in [0.5, 0.6) is 0 Å². The van der Waals surface area contributed by atoms with E-state index in [1.165, 1.54) is 9.80 Å². The highest BCUT2D eigenvalue weighted by Crippen LogP contribution is 2.46. The van der Waals surface area contributed by atoms with Gasteiger partial charge in [-0.15, -0.1) is 0 Å². The molecule has 5 rings (SSSR count). The summed E-state index contributed by atoms with van der Waals surface area (Å²) < 4.78 is 0. The second kappa shape index (κ2) is 7.80. The number of hydrogen-bond donors (Lipinski definition) is 0. The molecule has 2 heterocycles. The van der Waals surface area contributed by atoms with Gasteiger partial charge < -0.3 is 0 Å². The van der Waals surface area contributed by atoms with E-state index in [0.717, 1.165) is 16.7 Å². The van der Waals surface area contributed by atoms with Crippen LogP contribution in [-0.4, -0.2) is 23.6 Å². The molecule has 0 radical (unpaired) electrons. The summed E-state index contributed by atoms with van der Waals surface area (Å²) in [5.41, 5.74) is 4.05.